The molecule has 0 aromatic rings. The van der Waals surface area contributed by atoms with Crippen molar-refractivity contribution in [1.82, 2.24) is 4.90 Å². The van der Waals surface area contributed by atoms with E-state index in [2.05, 4.69) is 11.5 Å². The van der Waals surface area contributed by atoms with Crippen molar-refractivity contribution in [1.29, 1.82) is 0 Å². The molecule has 2 nitrogen and oxygen atoms in total. The molecule has 0 atom stereocenters. The van der Waals surface area contributed by atoms with Gasteiger partial charge in [0.1, 0.15) is 0 Å². The highest BCUT2D eigenvalue weighted by Gasteiger charge is 2.40. The number of carbonyl (C=O) groups excluding carboxylic acids is 1. The summed E-state index contributed by atoms with van der Waals surface area (Å²) in [6, 6.07) is 0. The van der Waals surface area contributed by atoms with Crippen LogP contribution in [0.15, 0.2) is 12.2 Å². The third kappa shape index (κ3) is 2.69. The highest BCUT2D eigenvalue weighted by atomic mass is 16.1. The van der Waals surface area contributed by atoms with Gasteiger partial charge in [-0.2, -0.15) is 0 Å². The topological polar surface area (TPSA) is 20.3 Å². The van der Waals surface area contributed by atoms with Gasteiger partial charge < -0.3 is 0 Å². The van der Waals surface area contributed by atoms with Crippen molar-refractivity contribution in [2.24, 2.45) is 0 Å². The van der Waals surface area contributed by atoms with Gasteiger partial charge in [0.05, 0.1) is 5.54 Å². The fourth-order valence-electron chi connectivity index (χ4n) is 2.55. The molecule has 1 aliphatic rings. The lowest BCUT2D eigenvalue weighted by molar-refractivity contribution is -0.131. The number of hydrogen-bond donors (Lipinski definition) is 0. The van der Waals surface area contributed by atoms with Crippen LogP contribution in [-0.4, -0.2) is 30.3 Å². The van der Waals surface area contributed by atoms with Crippen molar-refractivity contribution in [2.45, 2.75) is 51.0 Å². The summed E-state index contributed by atoms with van der Waals surface area (Å²) in [6.07, 6.45) is 6.21. The number of ketones is 1. The Labute approximate surface area is 93.3 Å². The van der Waals surface area contributed by atoms with Crippen LogP contribution >= 0.6 is 0 Å². The van der Waals surface area contributed by atoms with Crippen molar-refractivity contribution in [3.63, 3.8) is 0 Å². The lowest BCUT2D eigenvalue weighted by Crippen LogP contribution is -2.52. The van der Waals surface area contributed by atoms with Crippen molar-refractivity contribution in [3.05, 3.63) is 12.2 Å². The normalized spacial score (nSPS) is 20.3. The molecule has 0 bridgehead atoms. The lowest BCUT2D eigenvalue weighted by Gasteiger charge is -2.41. The molecule has 1 rings (SSSR count). The molecule has 86 valence electrons. The summed E-state index contributed by atoms with van der Waals surface area (Å²) in [5, 5.41) is 0. The van der Waals surface area contributed by atoms with Crippen LogP contribution in [0.2, 0.25) is 0 Å². The zero-order valence-electron chi connectivity index (χ0n) is 10.3. The van der Waals surface area contributed by atoms with E-state index in [1.807, 2.05) is 21.0 Å². The standard InChI is InChI=1S/C13H23NO/c1-11(2)10-12(15)13(14(3)4)8-6-5-7-9-13/h1,5-10H2,2-4H3. The summed E-state index contributed by atoms with van der Waals surface area (Å²) in [5.41, 5.74) is 0.781. The predicted octanol–water partition coefficient (Wildman–Crippen LogP) is 2.79. The summed E-state index contributed by atoms with van der Waals surface area (Å²) in [6.45, 7) is 5.78. The Morgan fingerprint density at radius 1 is 1.27 bits per heavy atom. The molecule has 0 aromatic carbocycles. The number of hydrogen-bond acceptors (Lipinski definition) is 2. The summed E-state index contributed by atoms with van der Waals surface area (Å²) in [5.74, 6) is 0.361. The Hall–Kier alpha value is -0.630. The van der Waals surface area contributed by atoms with E-state index in [0.717, 1.165) is 18.4 Å². The molecule has 0 unspecified atom stereocenters. The van der Waals surface area contributed by atoms with Crippen LogP contribution < -0.4 is 0 Å². The third-order valence-electron chi connectivity index (χ3n) is 3.52. The minimum Gasteiger partial charge on any atom is -0.297 e. The van der Waals surface area contributed by atoms with Crippen LogP contribution in [0.3, 0.4) is 0 Å². The lowest BCUT2D eigenvalue weighted by atomic mass is 9.76. The summed E-state index contributed by atoms with van der Waals surface area (Å²) < 4.78 is 0. The maximum atomic E-state index is 12.3. The monoisotopic (exact) mass is 209 g/mol. The van der Waals surface area contributed by atoms with Crippen molar-refractivity contribution < 1.29 is 4.79 Å². The van der Waals surface area contributed by atoms with Crippen LogP contribution in [0, 0.1) is 0 Å². The highest BCUT2D eigenvalue weighted by molar-refractivity contribution is 5.90. The van der Waals surface area contributed by atoms with Gasteiger partial charge in [-0.05, 0) is 33.9 Å². The van der Waals surface area contributed by atoms with Crippen LogP contribution in [-0.2, 0) is 4.79 Å². The van der Waals surface area contributed by atoms with Gasteiger partial charge >= 0.3 is 0 Å². The molecule has 0 aliphatic heterocycles. The molecule has 1 aliphatic carbocycles. The number of carbonyl (C=O) groups is 1. The van der Waals surface area contributed by atoms with E-state index in [4.69, 9.17) is 0 Å². The van der Waals surface area contributed by atoms with Gasteiger partial charge in [0.2, 0.25) is 0 Å². The molecule has 0 amide bonds. The highest BCUT2D eigenvalue weighted by Crippen LogP contribution is 2.34. The average Bonchev–Trinajstić information content (AvgIpc) is 2.17. The first-order chi connectivity index (χ1) is 6.99. The second-order valence-corrected chi connectivity index (χ2v) is 5.04. The molecular weight excluding hydrogens is 186 g/mol. The quantitative estimate of drug-likeness (QED) is 0.664. The first-order valence-corrected chi connectivity index (χ1v) is 5.84. The molecule has 0 spiro atoms. The molecule has 0 saturated heterocycles. The van der Waals surface area contributed by atoms with Crippen LogP contribution in [0.5, 0.6) is 0 Å². The van der Waals surface area contributed by atoms with Gasteiger partial charge in [0.25, 0.3) is 0 Å². The smallest absolute Gasteiger partial charge is 0.157 e. The zero-order valence-corrected chi connectivity index (χ0v) is 10.3. The SMILES string of the molecule is C=C(C)CC(=O)C1(N(C)C)CCCCC1. The molecule has 15 heavy (non-hydrogen) atoms. The third-order valence-corrected chi connectivity index (χ3v) is 3.52. The largest absolute Gasteiger partial charge is 0.297 e. The van der Waals surface area contributed by atoms with Crippen molar-refractivity contribution >= 4 is 5.78 Å². The molecule has 1 fully saturated rings. The van der Waals surface area contributed by atoms with E-state index < -0.39 is 0 Å². The van der Waals surface area contributed by atoms with Gasteiger partial charge in [-0.15, -0.1) is 0 Å². The van der Waals surface area contributed by atoms with Crippen molar-refractivity contribution in [2.75, 3.05) is 14.1 Å². The van der Waals surface area contributed by atoms with Gasteiger partial charge in [-0.3, -0.25) is 9.69 Å². The fraction of sp³-hybridized carbons (Fsp3) is 0.769. The van der Waals surface area contributed by atoms with E-state index in [-0.39, 0.29) is 5.54 Å². The minimum absolute atomic E-state index is 0.197. The van der Waals surface area contributed by atoms with Crippen LogP contribution in [0.25, 0.3) is 0 Å². The Bertz CT molecular complexity index is 249. The van der Waals surface area contributed by atoms with Gasteiger partial charge in [-0.1, -0.05) is 31.4 Å². The zero-order chi connectivity index (χ0) is 11.5. The van der Waals surface area contributed by atoms with Crippen LogP contribution in [0.1, 0.15) is 45.4 Å². The van der Waals surface area contributed by atoms with E-state index in [1.165, 1.54) is 19.3 Å². The summed E-state index contributed by atoms with van der Waals surface area (Å²) >= 11 is 0. The number of likely N-dealkylation sites (N-methyl/N-ethyl adjacent to an activating group) is 1. The second-order valence-electron chi connectivity index (χ2n) is 5.04. The average molecular weight is 209 g/mol. The molecular formula is C13H23NO. The van der Waals surface area contributed by atoms with E-state index in [1.54, 1.807) is 0 Å². The van der Waals surface area contributed by atoms with Crippen molar-refractivity contribution in [3.8, 4) is 0 Å². The molecule has 0 N–H and O–H groups in total. The maximum Gasteiger partial charge on any atom is 0.157 e. The first kappa shape index (κ1) is 12.4. The van der Waals surface area contributed by atoms with Gasteiger partial charge in [-0.25, -0.2) is 0 Å². The molecule has 1 saturated carbocycles. The summed E-state index contributed by atoms with van der Waals surface area (Å²) in [4.78, 5) is 14.4. The Kier molecular flexibility index (Phi) is 4.09. The van der Waals surface area contributed by atoms with E-state index >= 15 is 0 Å². The minimum atomic E-state index is -0.197. The molecule has 2 heteroatoms. The Balaban J connectivity index is 2.80. The first-order valence-electron chi connectivity index (χ1n) is 5.84. The molecule has 0 heterocycles. The number of allylic oxidation sites excluding steroid dienone is 1. The van der Waals surface area contributed by atoms with Crippen LogP contribution in [0.4, 0.5) is 0 Å². The number of Topliss-reactive ketones (excluding diaryl/α,β-unsaturated/α-hetero) is 1. The van der Waals surface area contributed by atoms with E-state index in [0.29, 0.717) is 12.2 Å². The van der Waals surface area contributed by atoms with Gasteiger partial charge in [0.15, 0.2) is 5.78 Å². The number of nitrogens with zero attached hydrogens (tertiary/aromatic N) is 1. The summed E-state index contributed by atoms with van der Waals surface area (Å²) in [7, 11) is 4.06. The second kappa shape index (κ2) is 4.93. The maximum absolute atomic E-state index is 12.3. The predicted molar refractivity (Wildman–Crippen MR) is 63.9 cm³/mol. The number of rotatable bonds is 4. The molecule has 0 radical (unpaired) electrons. The molecule has 0 aromatic heterocycles. The van der Waals surface area contributed by atoms with E-state index in [9.17, 15) is 4.79 Å². The van der Waals surface area contributed by atoms with Gasteiger partial charge in [0, 0.05) is 6.42 Å². The Morgan fingerprint density at radius 3 is 2.20 bits per heavy atom. The Morgan fingerprint density at radius 2 is 1.80 bits per heavy atom. The fourth-order valence-corrected chi connectivity index (χ4v) is 2.55.